The van der Waals surface area contributed by atoms with E-state index in [4.69, 9.17) is 22.1 Å². The van der Waals surface area contributed by atoms with Crippen molar-refractivity contribution in [3.8, 4) is 22.9 Å². The summed E-state index contributed by atoms with van der Waals surface area (Å²) in [5.41, 5.74) is 2.99. The molecule has 3 rings (SSSR count). The predicted octanol–water partition coefficient (Wildman–Crippen LogP) is 4.81. The van der Waals surface area contributed by atoms with Crippen molar-refractivity contribution in [3.63, 3.8) is 0 Å². The highest BCUT2D eigenvalue weighted by molar-refractivity contribution is 6.33. The SMILES string of the molecule is CCOC(=O)c1c(-c2ccccc2Cl)c(C#N)c(=O)n(-c2cccc(C(F)(F)F)c2)c1N. The van der Waals surface area contributed by atoms with Crippen molar-refractivity contribution in [2.24, 2.45) is 0 Å². The van der Waals surface area contributed by atoms with Crippen LogP contribution in [0.25, 0.3) is 16.8 Å². The fourth-order valence-electron chi connectivity index (χ4n) is 3.22. The van der Waals surface area contributed by atoms with E-state index in [0.717, 1.165) is 12.1 Å². The Hall–Kier alpha value is -3.77. The zero-order valence-corrected chi connectivity index (χ0v) is 17.3. The Morgan fingerprint density at radius 3 is 2.50 bits per heavy atom. The first kappa shape index (κ1) is 22.9. The number of pyridine rings is 1. The van der Waals surface area contributed by atoms with Gasteiger partial charge in [-0.25, -0.2) is 4.79 Å². The van der Waals surface area contributed by atoms with Crippen LogP contribution in [0.3, 0.4) is 0 Å². The van der Waals surface area contributed by atoms with Gasteiger partial charge in [0.2, 0.25) is 0 Å². The third kappa shape index (κ3) is 4.05. The highest BCUT2D eigenvalue weighted by Crippen LogP contribution is 2.36. The average Bonchev–Trinajstić information content (AvgIpc) is 2.73. The van der Waals surface area contributed by atoms with E-state index in [9.17, 15) is 28.0 Å². The summed E-state index contributed by atoms with van der Waals surface area (Å²) in [7, 11) is 0. The lowest BCUT2D eigenvalue weighted by atomic mass is 9.95. The van der Waals surface area contributed by atoms with Crippen molar-refractivity contribution in [2.75, 3.05) is 12.3 Å². The summed E-state index contributed by atoms with van der Waals surface area (Å²) in [5.74, 6) is -1.45. The van der Waals surface area contributed by atoms with E-state index in [1.165, 1.54) is 25.1 Å². The molecule has 1 aromatic heterocycles. The first-order chi connectivity index (χ1) is 15.1. The summed E-state index contributed by atoms with van der Waals surface area (Å²) < 4.78 is 45.4. The number of nitrogen functional groups attached to an aromatic ring is 1. The summed E-state index contributed by atoms with van der Waals surface area (Å²) in [6, 6.07) is 11.7. The Balaban J connectivity index is 2.48. The molecule has 10 heteroatoms. The molecule has 6 nitrogen and oxygen atoms in total. The molecule has 2 aromatic carbocycles. The van der Waals surface area contributed by atoms with Crippen LogP contribution in [-0.4, -0.2) is 17.1 Å². The highest BCUT2D eigenvalue weighted by Gasteiger charge is 2.32. The molecule has 0 saturated carbocycles. The van der Waals surface area contributed by atoms with Gasteiger partial charge < -0.3 is 10.5 Å². The molecule has 0 atom stereocenters. The van der Waals surface area contributed by atoms with Crippen molar-refractivity contribution in [2.45, 2.75) is 13.1 Å². The van der Waals surface area contributed by atoms with Crippen LogP contribution in [-0.2, 0) is 10.9 Å². The van der Waals surface area contributed by atoms with Crippen molar-refractivity contribution in [3.05, 3.63) is 80.6 Å². The number of ether oxygens (including phenoxy) is 1. The standard InChI is InChI=1S/C22H15ClF3N3O3/c1-2-32-21(31)18-17(14-8-3-4-9-16(14)23)15(11-27)20(30)29(19(18)28)13-7-5-6-12(10-13)22(24,25)26/h3-10H,2,28H2,1H3. The number of alkyl halides is 3. The molecule has 0 aliphatic heterocycles. The first-order valence-corrected chi connectivity index (χ1v) is 9.57. The lowest BCUT2D eigenvalue weighted by Crippen LogP contribution is -2.29. The number of nitriles is 1. The predicted molar refractivity (Wildman–Crippen MR) is 113 cm³/mol. The Bertz CT molecular complexity index is 1310. The zero-order valence-electron chi connectivity index (χ0n) is 16.5. The van der Waals surface area contributed by atoms with Gasteiger partial charge in [0.15, 0.2) is 0 Å². The summed E-state index contributed by atoms with van der Waals surface area (Å²) in [4.78, 5) is 26.0. The second-order valence-electron chi connectivity index (χ2n) is 6.51. The maximum atomic E-state index is 13.2. The monoisotopic (exact) mass is 461 g/mol. The number of halogens is 4. The molecule has 0 radical (unpaired) electrons. The Morgan fingerprint density at radius 2 is 1.91 bits per heavy atom. The van der Waals surface area contributed by atoms with Gasteiger partial charge in [0, 0.05) is 16.1 Å². The van der Waals surface area contributed by atoms with Crippen molar-refractivity contribution in [1.29, 1.82) is 5.26 Å². The fraction of sp³-hybridized carbons (Fsp3) is 0.136. The van der Waals surface area contributed by atoms with Crippen LogP contribution >= 0.6 is 11.6 Å². The maximum absolute atomic E-state index is 13.2. The minimum Gasteiger partial charge on any atom is -0.462 e. The molecule has 0 fully saturated rings. The van der Waals surface area contributed by atoms with Crippen molar-refractivity contribution < 1.29 is 22.7 Å². The van der Waals surface area contributed by atoms with E-state index < -0.39 is 34.6 Å². The molecule has 0 aliphatic rings. The lowest BCUT2D eigenvalue weighted by molar-refractivity contribution is -0.137. The second kappa shape index (κ2) is 8.77. The molecular weight excluding hydrogens is 447 g/mol. The van der Waals surface area contributed by atoms with Gasteiger partial charge in [-0.2, -0.15) is 18.4 Å². The minimum absolute atomic E-state index is 0.0508. The number of nitrogens with two attached hydrogens (primary N) is 1. The molecule has 0 bridgehead atoms. The Kier molecular flexibility index (Phi) is 6.27. The lowest BCUT2D eigenvalue weighted by Gasteiger charge is -2.19. The van der Waals surface area contributed by atoms with Crippen LogP contribution in [0.15, 0.2) is 53.3 Å². The first-order valence-electron chi connectivity index (χ1n) is 9.20. The third-order valence-corrected chi connectivity index (χ3v) is 4.91. The number of hydrogen-bond acceptors (Lipinski definition) is 5. The minimum atomic E-state index is -4.69. The van der Waals surface area contributed by atoms with Crippen LogP contribution < -0.4 is 11.3 Å². The Labute approximate surface area is 185 Å². The molecule has 32 heavy (non-hydrogen) atoms. The largest absolute Gasteiger partial charge is 0.462 e. The van der Waals surface area contributed by atoms with Gasteiger partial charge in [0.25, 0.3) is 5.56 Å². The third-order valence-electron chi connectivity index (χ3n) is 4.58. The van der Waals surface area contributed by atoms with E-state index in [1.54, 1.807) is 18.2 Å². The van der Waals surface area contributed by atoms with Gasteiger partial charge in [-0.3, -0.25) is 9.36 Å². The molecule has 164 valence electrons. The van der Waals surface area contributed by atoms with Gasteiger partial charge in [-0.05, 0) is 31.2 Å². The Morgan fingerprint density at radius 1 is 1.22 bits per heavy atom. The molecule has 0 saturated heterocycles. The van der Waals surface area contributed by atoms with E-state index in [2.05, 4.69) is 0 Å². The molecule has 1 heterocycles. The summed E-state index contributed by atoms with van der Waals surface area (Å²) in [6.45, 7) is 1.49. The number of rotatable bonds is 4. The number of anilines is 1. The summed E-state index contributed by atoms with van der Waals surface area (Å²) in [5, 5.41) is 9.88. The van der Waals surface area contributed by atoms with E-state index >= 15 is 0 Å². The molecular formula is C22H15ClF3N3O3. The molecule has 2 N–H and O–H groups in total. The quantitative estimate of drug-likeness (QED) is 0.562. The van der Waals surface area contributed by atoms with E-state index in [0.29, 0.717) is 10.6 Å². The molecule has 0 aliphatic carbocycles. The normalized spacial score (nSPS) is 11.1. The maximum Gasteiger partial charge on any atom is 0.416 e. The number of aromatic nitrogens is 1. The molecule has 0 amide bonds. The van der Waals surface area contributed by atoms with Gasteiger partial charge in [0.1, 0.15) is 23.0 Å². The summed E-state index contributed by atoms with van der Waals surface area (Å²) >= 11 is 6.24. The zero-order chi connectivity index (χ0) is 23.6. The van der Waals surface area contributed by atoms with Crippen molar-refractivity contribution >= 4 is 23.4 Å². The topological polar surface area (TPSA) is 98.1 Å². The van der Waals surface area contributed by atoms with Crippen LogP contribution in [0, 0.1) is 11.3 Å². The average molecular weight is 462 g/mol. The van der Waals surface area contributed by atoms with Gasteiger partial charge in [-0.15, -0.1) is 0 Å². The van der Waals surface area contributed by atoms with Gasteiger partial charge >= 0.3 is 12.1 Å². The van der Waals surface area contributed by atoms with Crippen molar-refractivity contribution in [1.82, 2.24) is 4.57 Å². The van der Waals surface area contributed by atoms with Crippen LogP contribution in [0.5, 0.6) is 0 Å². The summed E-state index contributed by atoms with van der Waals surface area (Å²) in [6.07, 6.45) is -4.69. The van der Waals surface area contributed by atoms with E-state index in [-0.39, 0.29) is 34.0 Å². The van der Waals surface area contributed by atoms with E-state index in [1.807, 2.05) is 0 Å². The highest BCUT2D eigenvalue weighted by atomic mass is 35.5. The van der Waals surface area contributed by atoms with Crippen LogP contribution in [0.4, 0.5) is 19.0 Å². The molecule has 0 unspecified atom stereocenters. The number of benzene rings is 2. The van der Waals surface area contributed by atoms with Crippen LogP contribution in [0.1, 0.15) is 28.4 Å². The number of hydrogen-bond donors (Lipinski definition) is 1. The van der Waals surface area contributed by atoms with Gasteiger partial charge in [0.05, 0.1) is 17.9 Å². The van der Waals surface area contributed by atoms with Crippen LogP contribution in [0.2, 0.25) is 5.02 Å². The number of carbonyl (C=O) groups excluding carboxylic acids is 1. The number of nitrogens with zero attached hydrogens (tertiary/aromatic N) is 2. The molecule has 0 spiro atoms. The smallest absolute Gasteiger partial charge is 0.416 e. The van der Waals surface area contributed by atoms with Gasteiger partial charge in [-0.1, -0.05) is 35.9 Å². The second-order valence-corrected chi connectivity index (χ2v) is 6.92. The molecule has 3 aromatic rings. The fourth-order valence-corrected chi connectivity index (χ4v) is 3.45. The number of esters is 1. The number of carbonyl (C=O) groups is 1.